The minimum atomic E-state index is 0.349. The van der Waals surface area contributed by atoms with Crippen molar-refractivity contribution in [1.82, 2.24) is 10.2 Å². The Kier molecular flexibility index (Phi) is 5.07. The van der Waals surface area contributed by atoms with Gasteiger partial charge < -0.3 is 15.3 Å². The molecule has 1 saturated heterocycles. The van der Waals surface area contributed by atoms with Crippen molar-refractivity contribution in [3.05, 3.63) is 0 Å². The number of nitrogens with one attached hydrogen (secondary N) is 1. The molecule has 2 rings (SSSR count). The van der Waals surface area contributed by atoms with Crippen molar-refractivity contribution in [3.8, 4) is 0 Å². The molecule has 2 aliphatic rings. The van der Waals surface area contributed by atoms with E-state index in [-0.39, 0.29) is 0 Å². The number of hydrogen-bond acceptors (Lipinski definition) is 3. The van der Waals surface area contributed by atoms with Crippen LogP contribution < -0.4 is 5.32 Å². The van der Waals surface area contributed by atoms with E-state index in [1.165, 1.54) is 58.2 Å². The molecule has 1 unspecified atom stereocenters. The third-order valence-corrected chi connectivity index (χ3v) is 3.84. The highest BCUT2D eigenvalue weighted by atomic mass is 16.3. The number of rotatable bonds is 7. The Hall–Kier alpha value is -0.120. The lowest BCUT2D eigenvalue weighted by Crippen LogP contribution is -2.41. The number of likely N-dealkylation sites (tertiary alicyclic amines) is 1. The van der Waals surface area contributed by atoms with Crippen molar-refractivity contribution in [2.24, 2.45) is 0 Å². The van der Waals surface area contributed by atoms with E-state index in [9.17, 15) is 0 Å². The number of piperidine rings is 1. The first-order chi connectivity index (χ1) is 7.90. The van der Waals surface area contributed by atoms with E-state index in [2.05, 4.69) is 10.2 Å². The van der Waals surface area contributed by atoms with Crippen LogP contribution in [0.15, 0.2) is 0 Å². The summed E-state index contributed by atoms with van der Waals surface area (Å²) in [6.45, 7) is 3.98. The maximum absolute atomic E-state index is 9.05. The fourth-order valence-corrected chi connectivity index (χ4v) is 2.71. The summed E-state index contributed by atoms with van der Waals surface area (Å²) in [5.74, 6) is 0. The van der Waals surface area contributed by atoms with Crippen LogP contribution in [0.1, 0.15) is 44.9 Å². The number of aliphatic hydroxyl groups is 1. The fourth-order valence-electron chi connectivity index (χ4n) is 2.71. The number of nitrogens with zero attached hydrogens (tertiary/aromatic N) is 1. The zero-order chi connectivity index (χ0) is 11.2. The van der Waals surface area contributed by atoms with Crippen LogP contribution in [0.5, 0.6) is 0 Å². The Morgan fingerprint density at radius 3 is 2.81 bits per heavy atom. The molecule has 1 heterocycles. The maximum Gasteiger partial charge on any atom is 0.0445 e. The summed E-state index contributed by atoms with van der Waals surface area (Å²) in [7, 11) is 0. The molecule has 0 aromatic rings. The minimum absolute atomic E-state index is 0.349. The van der Waals surface area contributed by atoms with Crippen molar-refractivity contribution >= 4 is 0 Å². The summed E-state index contributed by atoms with van der Waals surface area (Å²) >= 11 is 0. The summed E-state index contributed by atoms with van der Waals surface area (Å²) in [6, 6.07) is 1.49. The zero-order valence-electron chi connectivity index (χ0n) is 10.3. The van der Waals surface area contributed by atoms with Gasteiger partial charge in [-0.2, -0.15) is 0 Å². The van der Waals surface area contributed by atoms with Crippen LogP contribution in [0, 0.1) is 0 Å². The first-order valence-corrected chi connectivity index (χ1v) is 6.98. The van der Waals surface area contributed by atoms with Crippen LogP contribution in [0.4, 0.5) is 0 Å². The van der Waals surface area contributed by atoms with Gasteiger partial charge in [0, 0.05) is 18.7 Å². The average Bonchev–Trinajstić information content (AvgIpc) is 3.11. The molecule has 1 saturated carbocycles. The lowest BCUT2D eigenvalue weighted by Gasteiger charge is -2.35. The Bertz CT molecular complexity index is 192. The van der Waals surface area contributed by atoms with E-state index >= 15 is 0 Å². The SMILES string of the molecule is OCCC1CCCCN1CCCNC1CC1. The van der Waals surface area contributed by atoms with Crippen LogP contribution in [-0.2, 0) is 0 Å². The number of hydrogen-bond donors (Lipinski definition) is 2. The summed E-state index contributed by atoms with van der Waals surface area (Å²) in [5, 5.41) is 12.6. The summed E-state index contributed by atoms with van der Waals surface area (Å²) in [6.07, 6.45) is 8.98. The van der Waals surface area contributed by atoms with Gasteiger partial charge >= 0.3 is 0 Å². The van der Waals surface area contributed by atoms with E-state index in [0.29, 0.717) is 12.6 Å². The van der Waals surface area contributed by atoms with Gasteiger partial charge in [-0.05, 0) is 58.2 Å². The predicted molar refractivity (Wildman–Crippen MR) is 66.6 cm³/mol. The molecule has 1 aliphatic heterocycles. The highest BCUT2D eigenvalue weighted by Crippen LogP contribution is 2.20. The quantitative estimate of drug-likeness (QED) is 0.644. The molecular formula is C13H26N2O. The zero-order valence-corrected chi connectivity index (χ0v) is 10.3. The highest BCUT2D eigenvalue weighted by molar-refractivity contribution is 4.81. The Balaban J connectivity index is 1.60. The van der Waals surface area contributed by atoms with Gasteiger partial charge in [0.05, 0.1) is 0 Å². The summed E-state index contributed by atoms with van der Waals surface area (Å²) < 4.78 is 0. The second-order valence-electron chi connectivity index (χ2n) is 5.28. The molecule has 0 amide bonds. The molecule has 0 aromatic heterocycles. The standard InChI is InChI=1S/C13H26N2O/c16-11-7-13-4-1-2-9-15(13)10-3-8-14-12-5-6-12/h12-14,16H,1-11H2. The van der Waals surface area contributed by atoms with Crippen molar-refractivity contribution in [2.75, 3.05) is 26.2 Å². The third kappa shape index (κ3) is 4.04. The van der Waals surface area contributed by atoms with Gasteiger partial charge in [-0.15, -0.1) is 0 Å². The van der Waals surface area contributed by atoms with Gasteiger partial charge in [0.1, 0.15) is 0 Å². The van der Waals surface area contributed by atoms with Crippen LogP contribution in [0.25, 0.3) is 0 Å². The molecule has 2 fully saturated rings. The molecule has 0 bridgehead atoms. The largest absolute Gasteiger partial charge is 0.396 e. The van der Waals surface area contributed by atoms with Gasteiger partial charge in [-0.25, -0.2) is 0 Å². The van der Waals surface area contributed by atoms with Gasteiger partial charge in [-0.1, -0.05) is 6.42 Å². The monoisotopic (exact) mass is 226 g/mol. The molecule has 94 valence electrons. The van der Waals surface area contributed by atoms with E-state index < -0.39 is 0 Å². The van der Waals surface area contributed by atoms with E-state index in [1.807, 2.05) is 0 Å². The fraction of sp³-hybridized carbons (Fsp3) is 1.00. The molecule has 0 aromatic carbocycles. The van der Waals surface area contributed by atoms with Crippen molar-refractivity contribution in [3.63, 3.8) is 0 Å². The maximum atomic E-state index is 9.05. The third-order valence-electron chi connectivity index (χ3n) is 3.84. The normalized spacial score (nSPS) is 27.2. The van der Waals surface area contributed by atoms with Gasteiger partial charge in [0.15, 0.2) is 0 Å². The molecule has 0 radical (unpaired) electrons. The van der Waals surface area contributed by atoms with Gasteiger partial charge in [0.2, 0.25) is 0 Å². The lowest BCUT2D eigenvalue weighted by atomic mass is 9.99. The molecule has 3 heteroatoms. The smallest absolute Gasteiger partial charge is 0.0445 e. The Morgan fingerprint density at radius 1 is 1.19 bits per heavy atom. The Labute approximate surface area is 99.2 Å². The second kappa shape index (κ2) is 6.58. The van der Waals surface area contributed by atoms with Crippen LogP contribution >= 0.6 is 0 Å². The molecule has 3 nitrogen and oxygen atoms in total. The van der Waals surface area contributed by atoms with Gasteiger partial charge in [0.25, 0.3) is 0 Å². The molecule has 1 atom stereocenters. The topological polar surface area (TPSA) is 35.5 Å². The molecular weight excluding hydrogens is 200 g/mol. The van der Waals surface area contributed by atoms with Crippen molar-refractivity contribution in [2.45, 2.75) is 57.0 Å². The van der Waals surface area contributed by atoms with Crippen molar-refractivity contribution in [1.29, 1.82) is 0 Å². The van der Waals surface area contributed by atoms with Gasteiger partial charge in [-0.3, -0.25) is 0 Å². The highest BCUT2D eigenvalue weighted by Gasteiger charge is 2.22. The van der Waals surface area contributed by atoms with E-state index in [4.69, 9.17) is 5.11 Å². The molecule has 2 N–H and O–H groups in total. The first kappa shape index (κ1) is 12.3. The van der Waals surface area contributed by atoms with Crippen LogP contribution in [0.3, 0.4) is 0 Å². The number of aliphatic hydroxyl groups excluding tert-OH is 1. The Morgan fingerprint density at radius 2 is 2.06 bits per heavy atom. The first-order valence-electron chi connectivity index (χ1n) is 6.98. The van der Waals surface area contributed by atoms with Crippen LogP contribution in [-0.4, -0.2) is 48.3 Å². The molecule has 1 aliphatic carbocycles. The average molecular weight is 226 g/mol. The second-order valence-corrected chi connectivity index (χ2v) is 5.28. The minimum Gasteiger partial charge on any atom is -0.396 e. The summed E-state index contributed by atoms with van der Waals surface area (Å²) in [5.41, 5.74) is 0. The predicted octanol–water partition coefficient (Wildman–Crippen LogP) is 1.37. The van der Waals surface area contributed by atoms with Crippen LogP contribution in [0.2, 0.25) is 0 Å². The molecule has 16 heavy (non-hydrogen) atoms. The summed E-state index contributed by atoms with van der Waals surface area (Å²) in [4.78, 5) is 2.59. The molecule has 0 spiro atoms. The van der Waals surface area contributed by atoms with E-state index in [0.717, 1.165) is 12.5 Å². The van der Waals surface area contributed by atoms with Crippen molar-refractivity contribution < 1.29 is 5.11 Å². The van der Waals surface area contributed by atoms with E-state index in [1.54, 1.807) is 0 Å². The lowest BCUT2D eigenvalue weighted by molar-refractivity contribution is 0.118.